The number of Topliss-reactive ketones (excluding diaryl/α,β-unsaturated/α-hetero) is 1. The summed E-state index contributed by atoms with van der Waals surface area (Å²) in [7, 11) is 0. The molecule has 0 saturated heterocycles. The zero-order valence-electron chi connectivity index (χ0n) is 12.9. The molecule has 0 N–H and O–H groups in total. The molecule has 4 heteroatoms. The van der Waals surface area contributed by atoms with E-state index < -0.39 is 5.60 Å². The third-order valence-corrected chi connectivity index (χ3v) is 4.39. The molecule has 20 heavy (non-hydrogen) atoms. The van der Waals surface area contributed by atoms with Crippen molar-refractivity contribution in [1.29, 1.82) is 0 Å². The summed E-state index contributed by atoms with van der Waals surface area (Å²) in [5.41, 5.74) is 0.449. The Morgan fingerprint density at radius 1 is 1.45 bits per heavy atom. The molecule has 4 nitrogen and oxygen atoms in total. The van der Waals surface area contributed by atoms with Gasteiger partial charge in [0.05, 0.1) is 6.20 Å². The number of carbonyl (C=O) groups is 1. The molecule has 1 aliphatic carbocycles. The monoisotopic (exact) mass is 278 g/mol. The number of ether oxygens (including phenoxy) is 1. The first kappa shape index (κ1) is 15.2. The van der Waals surface area contributed by atoms with Crippen LogP contribution in [0.25, 0.3) is 0 Å². The Morgan fingerprint density at radius 2 is 2.15 bits per heavy atom. The number of hydrogen-bond acceptors (Lipinski definition) is 3. The Kier molecular flexibility index (Phi) is 4.97. The summed E-state index contributed by atoms with van der Waals surface area (Å²) in [5.74, 6) is 0.932. The summed E-state index contributed by atoms with van der Waals surface area (Å²) in [4.78, 5) is 12.7. The van der Waals surface area contributed by atoms with Crippen molar-refractivity contribution in [3.63, 3.8) is 0 Å². The predicted molar refractivity (Wildman–Crippen MR) is 78.6 cm³/mol. The molecule has 2 rings (SSSR count). The Hall–Kier alpha value is -1.16. The van der Waals surface area contributed by atoms with E-state index in [4.69, 9.17) is 4.74 Å². The molecule has 0 bridgehead atoms. The second kappa shape index (κ2) is 6.53. The van der Waals surface area contributed by atoms with E-state index in [0.29, 0.717) is 18.9 Å². The lowest BCUT2D eigenvalue weighted by atomic mass is 9.76. The van der Waals surface area contributed by atoms with Gasteiger partial charge >= 0.3 is 0 Å². The molecule has 1 aliphatic rings. The normalized spacial score (nSPS) is 26.6. The molecule has 0 aliphatic heterocycles. The Bertz CT molecular complexity index is 445. The zero-order valence-corrected chi connectivity index (χ0v) is 12.9. The fraction of sp³-hybridized carbons (Fsp3) is 0.750. The number of aryl methyl sites for hydroxylation is 1. The van der Waals surface area contributed by atoms with Crippen molar-refractivity contribution in [2.24, 2.45) is 5.92 Å². The van der Waals surface area contributed by atoms with Crippen LogP contribution in [0.2, 0.25) is 0 Å². The standard InChI is InChI=1S/C16H26N2O2/c1-4-18-12-14(11-17-18)10-15(19)16(20-5-2)8-6-13(3)7-9-16/h11-13H,4-10H2,1-3H3. The number of nitrogens with zero attached hydrogens (tertiary/aromatic N) is 2. The number of hydrogen-bond donors (Lipinski definition) is 0. The van der Waals surface area contributed by atoms with Gasteiger partial charge in [0.25, 0.3) is 0 Å². The molecule has 1 fully saturated rings. The van der Waals surface area contributed by atoms with Crippen LogP contribution in [0.1, 0.15) is 52.0 Å². The van der Waals surface area contributed by atoms with Gasteiger partial charge in [-0.2, -0.15) is 5.10 Å². The molecule has 1 saturated carbocycles. The van der Waals surface area contributed by atoms with E-state index in [2.05, 4.69) is 12.0 Å². The maximum atomic E-state index is 12.7. The van der Waals surface area contributed by atoms with Gasteiger partial charge in [-0.1, -0.05) is 6.92 Å². The fourth-order valence-electron chi connectivity index (χ4n) is 3.03. The summed E-state index contributed by atoms with van der Waals surface area (Å²) in [6, 6.07) is 0. The quantitative estimate of drug-likeness (QED) is 0.803. The van der Waals surface area contributed by atoms with Crippen LogP contribution in [0.3, 0.4) is 0 Å². The van der Waals surface area contributed by atoms with Crippen LogP contribution in [0.4, 0.5) is 0 Å². The van der Waals surface area contributed by atoms with Gasteiger partial charge in [-0.15, -0.1) is 0 Å². The minimum absolute atomic E-state index is 0.224. The Labute approximate surface area is 121 Å². The van der Waals surface area contributed by atoms with Crippen LogP contribution < -0.4 is 0 Å². The second-order valence-corrected chi connectivity index (χ2v) is 5.91. The van der Waals surface area contributed by atoms with Crippen LogP contribution in [-0.4, -0.2) is 27.8 Å². The lowest BCUT2D eigenvalue weighted by molar-refractivity contribution is -0.149. The average Bonchev–Trinajstić information content (AvgIpc) is 2.89. The van der Waals surface area contributed by atoms with Gasteiger partial charge in [0, 0.05) is 25.8 Å². The van der Waals surface area contributed by atoms with E-state index in [-0.39, 0.29) is 5.78 Å². The van der Waals surface area contributed by atoms with Crippen molar-refractivity contribution in [2.45, 2.75) is 65.0 Å². The third-order valence-electron chi connectivity index (χ3n) is 4.39. The van der Waals surface area contributed by atoms with Gasteiger partial charge in [0.2, 0.25) is 0 Å². The largest absolute Gasteiger partial charge is 0.367 e. The minimum Gasteiger partial charge on any atom is -0.367 e. The van der Waals surface area contributed by atoms with E-state index in [0.717, 1.165) is 37.8 Å². The summed E-state index contributed by atoms with van der Waals surface area (Å²) in [6.07, 6.45) is 8.09. The smallest absolute Gasteiger partial charge is 0.169 e. The predicted octanol–water partition coefficient (Wildman–Crippen LogP) is 3.00. The van der Waals surface area contributed by atoms with Crippen molar-refractivity contribution in [3.8, 4) is 0 Å². The molecular weight excluding hydrogens is 252 g/mol. The van der Waals surface area contributed by atoms with Gasteiger partial charge < -0.3 is 4.74 Å². The van der Waals surface area contributed by atoms with Crippen molar-refractivity contribution >= 4 is 5.78 Å². The topological polar surface area (TPSA) is 44.1 Å². The highest BCUT2D eigenvalue weighted by molar-refractivity contribution is 5.89. The van der Waals surface area contributed by atoms with E-state index in [9.17, 15) is 4.79 Å². The van der Waals surface area contributed by atoms with Crippen molar-refractivity contribution in [2.75, 3.05) is 6.61 Å². The highest BCUT2D eigenvalue weighted by Crippen LogP contribution is 2.36. The van der Waals surface area contributed by atoms with Crippen LogP contribution >= 0.6 is 0 Å². The van der Waals surface area contributed by atoms with Gasteiger partial charge in [-0.05, 0) is 51.0 Å². The molecule has 112 valence electrons. The van der Waals surface area contributed by atoms with E-state index in [1.807, 2.05) is 24.7 Å². The maximum absolute atomic E-state index is 12.7. The molecule has 0 radical (unpaired) electrons. The maximum Gasteiger partial charge on any atom is 0.169 e. The summed E-state index contributed by atoms with van der Waals surface area (Å²) in [6.45, 7) is 7.72. The fourth-order valence-corrected chi connectivity index (χ4v) is 3.03. The molecular formula is C16H26N2O2. The summed E-state index contributed by atoms with van der Waals surface area (Å²) >= 11 is 0. The van der Waals surface area contributed by atoms with Crippen molar-refractivity contribution in [1.82, 2.24) is 9.78 Å². The highest BCUT2D eigenvalue weighted by atomic mass is 16.5. The SMILES string of the molecule is CCOC1(C(=O)Cc2cnn(CC)c2)CCC(C)CC1. The third kappa shape index (κ3) is 3.29. The number of aromatic nitrogens is 2. The lowest BCUT2D eigenvalue weighted by Crippen LogP contribution is -2.45. The first-order valence-electron chi connectivity index (χ1n) is 7.78. The Balaban J connectivity index is 2.06. The van der Waals surface area contributed by atoms with Crippen molar-refractivity contribution < 1.29 is 9.53 Å². The van der Waals surface area contributed by atoms with Gasteiger partial charge in [-0.25, -0.2) is 0 Å². The van der Waals surface area contributed by atoms with E-state index in [1.165, 1.54) is 0 Å². The van der Waals surface area contributed by atoms with Gasteiger partial charge in [-0.3, -0.25) is 9.48 Å². The zero-order chi connectivity index (χ0) is 14.6. The van der Waals surface area contributed by atoms with Gasteiger partial charge in [0.1, 0.15) is 5.60 Å². The first-order chi connectivity index (χ1) is 9.59. The molecule has 1 heterocycles. The number of ketones is 1. The summed E-state index contributed by atoms with van der Waals surface area (Å²) < 4.78 is 7.77. The minimum atomic E-state index is -0.546. The molecule has 0 aromatic carbocycles. The van der Waals surface area contributed by atoms with Crippen LogP contribution in [-0.2, 0) is 22.5 Å². The average molecular weight is 278 g/mol. The molecule has 0 amide bonds. The lowest BCUT2D eigenvalue weighted by Gasteiger charge is -2.37. The molecule has 0 unspecified atom stereocenters. The van der Waals surface area contributed by atoms with Crippen LogP contribution in [0.15, 0.2) is 12.4 Å². The van der Waals surface area contributed by atoms with Gasteiger partial charge in [0.15, 0.2) is 5.78 Å². The van der Waals surface area contributed by atoms with E-state index in [1.54, 1.807) is 6.20 Å². The number of carbonyl (C=O) groups excluding carboxylic acids is 1. The molecule has 0 spiro atoms. The molecule has 0 atom stereocenters. The Morgan fingerprint density at radius 3 is 2.70 bits per heavy atom. The summed E-state index contributed by atoms with van der Waals surface area (Å²) in [5, 5.41) is 4.24. The number of rotatable bonds is 6. The second-order valence-electron chi connectivity index (χ2n) is 5.91. The van der Waals surface area contributed by atoms with Crippen LogP contribution in [0.5, 0.6) is 0 Å². The molecule has 1 aromatic rings. The highest BCUT2D eigenvalue weighted by Gasteiger charge is 2.41. The first-order valence-corrected chi connectivity index (χ1v) is 7.78. The van der Waals surface area contributed by atoms with Crippen molar-refractivity contribution in [3.05, 3.63) is 18.0 Å². The van der Waals surface area contributed by atoms with E-state index >= 15 is 0 Å². The van der Waals surface area contributed by atoms with Crippen LogP contribution in [0, 0.1) is 5.92 Å². The molecule has 1 aromatic heterocycles.